The molecule has 1 heterocycles. The van der Waals surface area contributed by atoms with E-state index in [-0.39, 0.29) is 30.3 Å². The lowest BCUT2D eigenvalue weighted by Gasteiger charge is -2.19. The molecule has 0 atom stereocenters. The molecule has 10 nitrogen and oxygen atoms in total. The van der Waals surface area contributed by atoms with E-state index in [0.717, 1.165) is 6.08 Å². The van der Waals surface area contributed by atoms with Gasteiger partial charge in [-0.15, -0.1) is 0 Å². The van der Waals surface area contributed by atoms with Crippen LogP contribution in [0.15, 0.2) is 23.2 Å². The molecule has 0 bridgehead atoms. The molecule has 1 saturated heterocycles. The maximum atomic E-state index is 12.4. The summed E-state index contributed by atoms with van der Waals surface area (Å²) in [5, 5.41) is 5.82. The number of hydrazine groups is 1. The molecule has 0 aromatic heterocycles. The van der Waals surface area contributed by atoms with Gasteiger partial charge in [0.2, 0.25) is 11.6 Å². The molecule has 0 aromatic carbocycles. The number of hydrogen-bond acceptors (Lipinski definition) is 8. The topological polar surface area (TPSA) is 136 Å². The molecule has 0 spiro atoms. The summed E-state index contributed by atoms with van der Waals surface area (Å²) in [6.07, 6.45) is -0.772. The summed E-state index contributed by atoms with van der Waals surface area (Å²) in [5.74, 6) is -1.28. The molecule has 3 N–H and O–H groups in total. The zero-order chi connectivity index (χ0) is 17.0. The molecule has 1 aliphatic carbocycles. The fourth-order valence-electron chi connectivity index (χ4n) is 1.84. The molecule has 0 radical (unpaired) electrons. The van der Waals surface area contributed by atoms with Crippen molar-refractivity contribution in [3.05, 3.63) is 23.2 Å². The molecule has 10 heteroatoms. The molecule has 2 amide bonds. The summed E-state index contributed by atoms with van der Waals surface area (Å²) in [5.41, 5.74) is 2.21. The Morgan fingerprint density at radius 1 is 1.17 bits per heavy atom. The largest absolute Gasteiger partial charge is 0.450 e. The first kappa shape index (κ1) is 16.5. The van der Waals surface area contributed by atoms with Crippen LogP contribution in [0.1, 0.15) is 13.8 Å². The van der Waals surface area contributed by atoms with Gasteiger partial charge in [0.1, 0.15) is 18.1 Å². The Bertz CT molecular complexity index is 620. The molecule has 0 aromatic rings. The minimum atomic E-state index is -0.849. The summed E-state index contributed by atoms with van der Waals surface area (Å²) in [4.78, 5) is 47.5. The molecular formula is C13H16N4O6. The predicted molar refractivity (Wildman–Crippen MR) is 75.3 cm³/mol. The highest BCUT2D eigenvalue weighted by Gasteiger charge is 2.38. The van der Waals surface area contributed by atoms with Gasteiger partial charge in [0.15, 0.2) is 0 Å². The van der Waals surface area contributed by atoms with Crippen molar-refractivity contribution in [2.75, 3.05) is 19.9 Å². The maximum absolute atomic E-state index is 12.4. The number of hydrogen-bond donors (Lipinski definition) is 3. The van der Waals surface area contributed by atoms with E-state index in [1.165, 1.54) is 5.01 Å². The van der Waals surface area contributed by atoms with Gasteiger partial charge in [-0.1, -0.05) is 0 Å². The smallest absolute Gasteiger partial charge is 0.411 e. The Balaban J connectivity index is 2.23. The number of carbonyl (C=O) groups excluding carboxylic acids is 4. The van der Waals surface area contributed by atoms with Crippen molar-refractivity contribution in [1.82, 2.24) is 21.1 Å². The van der Waals surface area contributed by atoms with Crippen LogP contribution in [0.25, 0.3) is 0 Å². The Kier molecular flexibility index (Phi) is 4.96. The molecule has 124 valence electrons. The van der Waals surface area contributed by atoms with Gasteiger partial charge in [-0.3, -0.25) is 25.2 Å². The normalized spacial score (nSPS) is 16.8. The van der Waals surface area contributed by atoms with Gasteiger partial charge in [-0.05, 0) is 13.8 Å². The average molecular weight is 324 g/mol. The van der Waals surface area contributed by atoms with Gasteiger partial charge in [0.05, 0.1) is 18.9 Å². The fraction of sp³-hybridized carbons (Fsp3) is 0.385. The van der Waals surface area contributed by atoms with Crippen LogP contribution in [0, 0.1) is 0 Å². The van der Waals surface area contributed by atoms with E-state index in [2.05, 4.69) is 20.8 Å². The summed E-state index contributed by atoms with van der Waals surface area (Å²) in [7, 11) is 0. The average Bonchev–Trinajstić information content (AvgIpc) is 3.29. The van der Waals surface area contributed by atoms with Gasteiger partial charge >= 0.3 is 12.2 Å². The lowest BCUT2D eigenvalue weighted by Crippen LogP contribution is -2.39. The van der Waals surface area contributed by atoms with Crippen molar-refractivity contribution in [2.45, 2.75) is 13.8 Å². The van der Waals surface area contributed by atoms with E-state index in [9.17, 15) is 19.2 Å². The first-order chi connectivity index (χ1) is 11.0. The molecule has 2 aliphatic rings. The van der Waals surface area contributed by atoms with Gasteiger partial charge in [0, 0.05) is 6.08 Å². The number of carbonyl (C=O) groups is 4. The van der Waals surface area contributed by atoms with Gasteiger partial charge in [0.25, 0.3) is 0 Å². The molecule has 2 rings (SSSR count). The van der Waals surface area contributed by atoms with Crippen LogP contribution in [0.5, 0.6) is 0 Å². The number of allylic oxidation sites excluding steroid dienone is 1. The number of alkyl carbamates (subject to hydrolysis) is 2. The second-order valence-electron chi connectivity index (χ2n) is 4.41. The molecule has 23 heavy (non-hydrogen) atoms. The number of ether oxygens (including phenoxy) is 2. The predicted octanol–water partition coefficient (Wildman–Crippen LogP) is -0.496. The van der Waals surface area contributed by atoms with Crippen LogP contribution in [0.2, 0.25) is 0 Å². The third-order valence-corrected chi connectivity index (χ3v) is 2.82. The highest BCUT2D eigenvalue weighted by molar-refractivity contribution is 6.23. The first-order valence-electron chi connectivity index (χ1n) is 6.91. The third kappa shape index (κ3) is 3.86. The third-order valence-electron chi connectivity index (χ3n) is 2.82. The van der Waals surface area contributed by atoms with Crippen molar-refractivity contribution < 1.29 is 28.7 Å². The van der Waals surface area contributed by atoms with Crippen LogP contribution in [-0.4, -0.2) is 48.6 Å². The zero-order valence-corrected chi connectivity index (χ0v) is 12.6. The minimum absolute atomic E-state index is 0.0719. The number of nitrogens with one attached hydrogen (secondary N) is 3. The Morgan fingerprint density at radius 3 is 2.26 bits per heavy atom. The van der Waals surface area contributed by atoms with E-state index in [1.807, 2.05) is 0 Å². The van der Waals surface area contributed by atoms with E-state index in [4.69, 9.17) is 4.74 Å². The van der Waals surface area contributed by atoms with E-state index in [1.54, 1.807) is 13.8 Å². The molecule has 1 fully saturated rings. The second kappa shape index (κ2) is 6.92. The number of rotatable bonds is 5. The Labute approximate surface area is 131 Å². The highest BCUT2D eigenvalue weighted by Crippen LogP contribution is 2.22. The van der Waals surface area contributed by atoms with Crippen LogP contribution < -0.4 is 16.1 Å². The van der Waals surface area contributed by atoms with Crippen molar-refractivity contribution >= 4 is 23.8 Å². The van der Waals surface area contributed by atoms with Crippen molar-refractivity contribution in [1.29, 1.82) is 0 Å². The summed E-state index contributed by atoms with van der Waals surface area (Å²) in [6, 6.07) is 0. The molecule has 1 aliphatic heterocycles. The summed E-state index contributed by atoms with van der Waals surface area (Å²) >= 11 is 0. The second-order valence-corrected chi connectivity index (χ2v) is 4.41. The number of nitrogens with zero attached hydrogens (tertiary/aromatic N) is 1. The van der Waals surface area contributed by atoms with E-state index < -0.39 is 23.8 Å². The summed E-state index contributed by atoms with van der Waals surface area (Å²) < 4.78 is 9.38. The molecule has 0 unspecified atom stereocenters. The Hall–Kier alpha value is -2.88. The van der Waals surface area contributed by atoms with E-state index in [0.29, 0.717) is 6.67 Å². The molecular weight excluding hydrogens is 308 g/mol. The van der Waals surface area contributed by atoms with Crippen molar-refractivity contribution in [3.8, 4) is 0 Å². The van der Waals surface area contributed by atoms with Gasteiger partial charge in [-0.2, -0.15) is 0 Å². The number of Topliss-reactive ketones (excluding diaryl/α,β-unsaturated/α-hetero) is 1. The highest BCUT2D eigenvalue weighted by atomic mass is 16.6. The van der Waals surface area contributed by atoms with Crippen LogP contribution in [0.3, 0.4) is 0 Å². The standard InChI is InChI=1S/C13H16N4O6/c1-3-22-12(20)15-7-5-8(18)9(16-13(21)23-4-2)10(11(7)19)17-6-14-17/h5,14H,3-4,6H2,1-2H3,(H,15,20)(H,16,21). The van der Waals surface area contributed by atoms with Crippen LogP contribution in [0.4, 0.5) is 9.59 Å². The first-order valence-corrected chi connectivity index (χ1v) is 6.91. The van der Waals surface area contributed by atoms with Crippen molar-refractivity contribution in [3.63, 3.8) is 0 Å². The quantitative estimate of drug-likeness (QED) is 0.455. The maximum Gasteiger partial charge on any atom is 0.411 e. The fourth-order valence-corrected chi connectivity index (χ4v) is 1.84. The molecule has 0 saturated carbocycles. The SMILES string of the molecule is CCOC(=O)NC1=CC(=O)C(NC(=O)OCC)=C(N2CN2)C1=O. The van der Waals surface area contributed by atoms with Crippen LogP contribution >= 0.6 is 0 Å². The Morgan fingerprint density at radius 2 is 1.74 bits per heavy atom. The lowest BCUT2D eigenvalue weighted by atomic mass is 10.0. The minimum Gasteiger partial charge on any atom is -0.450 e. The van der Waals surface area contributed by atoms with Crippen LogP contribution in [-0.2, 0) is 19.1 Å². The lowest BCUT2D eigenvalue weighted by molar-refractivity contribution is -0.117. The van der Waals surface area contributed by atoms with E-state index >= 15 is 0 Å². The zero-order valence-electron chi connectivity index (χ0n) is 12.6. The summed E-state index contributed by atoms with van der Waals surface area (Å²) in [6.45, 7) is 3.77. The number of amides is 2. The number of ketones is 2. The van der Waals surface area contributed by atoms with Crippen molar-refractivity contribution in [2.24, 2.45) is 0 Å². The monoisotopic (exact) mass is 324 g/mol. The van der Waals surface area contributed by atoms with Gasteiger partial charge in [-0.25, -0.2) is 15.0 Å². The van der Waals surface area contributed by atoms with Gasteiger partial charge < -0.3 is 9.47 Å².